The maximum atomic E-state index is 6.08. The Bertz CT molecular complexity index is 454. The van der Waals surface area contributed by atoms with E-state index < -0.39 is 0 Å². The first-order valence-electron chi connectivity index (χ1n) is 4.51. The van der Waals surface area contributed by atoms with Crippen LogP contribution in [-0.2, 0) is 0 Å². The van der Waals surface area contributed by atoms with Crippen molar-refractivity contribution < 1.29 is 0 Å². The van der Waals surface area contributed by atoms with Gasteiger partial charge in [0, 0.05) is 21.5 Å². The predicted molar refractivity (Wildman–Crippen MR) is 66.5 cm³/mol. The molecule has 0 atom stereocenters. The molecule has 1 aromatic rings. The summed E-state index contributed by atoms with van der Waals surface area (Å²) in [6, 6.07) is 5.68. The predicted octanol–water partition coefficient (Wildman–Crippen LogP) is 2.96. The summed E-state index contributed by atoms with van der Waals surface area (Å²) in [6.07, 6.45) is 1.52. The van der Waals surface area contributed by atoms with Gasteiger partial charge in [-0.3, -0.25) is 0 Å². The van der Waals surface area contributed by atoms with Crippen molar-refractivity contribution in [1.29, 1.82) is 0 Å². The molecule has 3 nitrogen and oxygen atoms in total. The maximum absolute atomic E-state index is 6.08. The van der Waals surface area contributed by atoms with Gasteiger partial charge in [0.2, 0.25) is 0 Å². The van der Waals surface area contributed by atoms with Crippen molar-refractivity contribution in [3.8, 4) is 0 Å². The van der Waals surface area contributed by atoms with Gasteiger partial charge in [-0.05, 0) is 24.6 Å². The molecule has 5 heteroatoms. The van der Waals surface area contributed by atoms with E-state index in [4.69, 9.17) is 17.3 Å². The van der Waals surface area contributed by atoms with Crippen molar-refractivity contribution in [1.82, 2.24) is 0 Å². The van der Waals surface area contributed by atoms with Gasteiger partial charge < -0.3 is 5.73 Å². The SMILES string of the molecule is NC1=NN=C(c2cc(Br)ccc2Cl)CC1. The van der Waals surface area contributed by atoms with Crippen LogP contribution in [-0.4, -0.2) is 11.5 Å². The molecule has 0 saturated heterocycles. The van der Waals surface area contributed by atoms with E-state index in [1.165, 1.54) is 0 Å². The third-order valence-electron chi connectivity index (χ3n) is 2.16. The van der Waals surface area contributed by atoms with E-state index in [1.807, 2.05) is 18.2 Å². The third kappa shape index (κ3) is 2.38. The topological polar surface area (TPSA) is 50.7 Å². The van der Waals surface area contributed by atoms with Gasteiger partial charge in [0.05, 0.1) is 5.71 Å². The van der Waals surface area contributed by atoms with Gasteiger partial charge >= 0.3 is 0 Å². The van der Waals surface area contributed by atoms with Gasteiger partial charge in [-0.15, -0.1) is 5.10 Å². The standard InChI is InChI=1S/C10H9BrClN3/c11-6-1-2-8(12)7(5-6)9-3-4-10(13)15-14-9/h1-2,5H,3-4H2,(H2,13,15). The highest BCUT2D eigenvalue weighted by Crippen LogP contribution is 2.24. The van der Waals surface area contributed by atoms with Crippen LogP contribution in [0.1, 0.15) is 18.4 Å². The molecule has 0 unspecified atom stereocenters. The minimum absolute atomic E-state index is 0.574. The maximum Gasteiger partial charge on any atom is 0.122 e. The molecule has 2 N–H and O–H groups in total. The third-order valence-corrected chi connectivity index (χ3v) is 2.98. The second-order valence-corrected chi connectivity index (χ2v) is 4.59. The van der Waals surface area contributed by atoms with Gasteiger partial charge in [0.1, 0.15) is 5.84 Å². The zero-order valence-electron chi connectivity index (χ0n) is 7.87. The summed E-state index contributed by atoms with van der Waals surface area (Å²) >= 11 is 9.49. The summed E-state index contributed by atoms with van der Waals surface area (Å²) in [5, 5.41) is 8.61. The Morgan fingerprint density at radius 1 is 1.27 bits per heavy atom. The summed E-state index contributed by atoms with van der Waals surface area (Å²) < 4.78 is 0.979. The average molecular weight is 287 g/mol. The molecule has 0 aromatic heterocycles. The Kier molecular flexibility index (Phi) is 3.07. The van der Waals surface area contributed by atoms with Crippen molar-refractivity contribution in [2.45, 2.75) is 12.8 Å². The highest BCUT2D eigenvalue weighted by atomic mass is 79.9. The monoisotopic (exact) mass is 285 g/mol. The van der Waals surface area contributed by atoms with E-state index in [2.05, 4.69) is 26.1 Å². The van der Waals surface area contributed by atoms with Crippen LogP contribution in [0.4, 0.5) is 0 Å². The van der Waals surface area contributed by atoms with Crippen molar-refractivity contribution in [2.75, 3.05) is 0 Å². The van der Waals surface area contributed by atoms with Crippen LogP contribution >= 0.6 is 27.5 Å². The van der Waals surface area contributed by atoms with Crippen LogP contribution < -0.4 is 5.73 Å². The Labute approximate surface area is 101 Å². The van der Waals surface area contributed by atoms with E-state index in [9.17, 15) is 0 Å². The lowest BCUT2D eigenvalue weighted by molar-refractivity contribution is 1.02. The molecule has 15 heavy (non-hydrogen) atoms. The molecule has 78 valence electrons. The number of hydrogen-bond donors (Lipinski definition) is 1. The quantitative estimate of drug-likeness (QED) is 0.848. The van der Waals surface area contributed by atoms with Crippen molar-refractivity contribution in [3.63, 3.8) is 0 Å². The molecule has 0 saturated carbocycles. The van der Waals surface area contributed by atoms with Gasteiger partial charge in [-0.1, -0.05) is 27.5 Å². The van der Waals surface area contributed by atoms with Crippen LogP contribution in [0.2, 0.25) is 5.02 Å². The molecule has 2 rings (SSSR count). The molecule has 1 aliphatic rings. The number of benzene rings is 1. The summed E-state index contributed by atoms with van der Waals surface area (Å²) in [6.45, 7) is 0. The Morgan fingerprint density at radius 3 is 2.73 bits per heavy atom. The molecule has 0 spiro atoms. The largest absolute Gasteiger partial charge is 0.386 e. The molecule has 0 bridgehead atoms. The van der Waals surface area contributed by atoms with E-state index in [1.54, 1.807) is 0 Å². The molecular formula is C10H9BrClN3. The Hall–Kier alpha value is -0.870. The molecule has 1 heterocycles. The second kappa shape index (κ2) is 4.33. The lowest BCUT2D eigenvalue weighted by Crippen LogP contribution is -2.17. The van der Waals surface area contributed by atoms with Crippen LogP contribution in [0.15, 0.2) is 32.9 Å². The van der Waals surface area contributed by atoms with Crippen LogP contribution in [0.25, 0.3) is 0 Å². The first-order valence-corrected chi connectivity index (χ1v) is 5.68. The van der Waals surface area contributed by atoms with E-state index in [0.29, 0.717) is 10.9 Å². The van der Waals surface area contributed by atoms with E-state index >= 15 is 0 Å². The highest BCUT2D eigenvalue weighted by molar-refractivity contribution is 9.10. The fraction of sp³-hybridized carbons (Fsp3) is 0.200. The zero-order chi connectivity index (χ0) is 10.8. The number of nitrogens with two attached hydrogens (primary N) is 1. The van der Waals surface area contributed by atoms with Crippen molar-refractivity contribution in [3.05, 3.63) is 33.3 Å². The second-order valence-electron chi connectivity index (χ2n) is 3.26. The fourth-order valence-electron chi connectivity index (χ4n) is 1.38. The minimum Gasteiger partial charge on any atom is -0.386 e. The molecule has 1 aliphatic heterocycles. The molecule has 0 aliphatic carbocycles. The number of hydrogen-bond acceptors (Lipinski definition) is 3. The smallest absolute Gasteiger partial charge is 0.122 e. The van der Waals surface area contributed by atoms with Gasteiger partial charge in [0.25, 0.3) is 0 Å². The van der Waals surface area contributed by atoms with E-state index in [-0.39, 0.29) is 0 Å². The highest BCUT2D eigenvalue weighted by Gasteiger charge is 2.12. The fourth-order valence-corrected chi connectivity index (χ4v) is 1.97. The lowest BCUT2D eigenvalue weighted by Gasteiger charge is -2.11. The summed E-state index contributed by atoms with van der Waals surface area (Å²) in [7, 11) is 0. The van der Waals surface area contributed by atoms with Crippen molar-refractivity contribution >= 4 is 39.1 Å². The molecule has 0 fully saturated rings. The van der Waals surface area contributed by atoms with Crippen LogP contribution in [0, 0.1) is 0 Å². The summed E-state index contributed by atoms with van der Waals surface area (Å²) in [5.74, 6) is 0.574. The first kappa shape index (κ1) is 10.6. The Morgan fingerprint density at radius 2 is 2.07 bits per heavy atom. The Balaban J connectivity index is 2.42. The van der Waals surface area contributed by atoms with Gasteiger partial charge in [-0.25, -0.2) is 0 Å². The molecule has 1 aromatic carbocycles. The number of amidine groups is 1. The van der Waals surface area contributed by atoms with Crippen LogP contribution in [0.5, 0.6) is 0 Å². The number of halogens is 2. The molecule has 0 amide bonds. The summed E-state index contributed by atoms with van der Waals surface area (Å²) in [5.41, 5.74) is 7.35. The van der Waals surface area contributed by atoms with E-state index in [0.717, 1.165) is 28.6 Å². The van der Waals surface area contributed by atoms with Gasteiger partial charge in [-0.2, -0.15) is 5.10 Å². The first-order chi connectivity index (χ1) is 7.16. The van der Waals surface area contributed by atoms with Gasteiger partial charge in [0.15, 0.2) is 0 Å². The lowest BCUT2D eigenvalue weighted by atomic mass is 10.0. The number of rotatable bonds is 1. The normalized spacial score (nSPS) is 15.9. The summed E-state index contributed by atoms with van der Waals surface area (Å²) in [4.78, 5) is 0. The molecule has 0 radical (unpaired) electrons. The zero-order valence-corrected chi connectivity index (χ0v) is 10.2. The van der Waals surface area contributed by atoms with Crippen molar-refractivity contribution in [2.24, 2.45) is 15.9 Å². The molecular weight excluding hydrogens is 277 g/mol. The minimum atomic E-state index is 0.574. The average Bonchev–Trinajstić information content (AvgIpc) is 2.23. The number of nitrogens with zero attached hydrogens (tertiary/aromatic N) is 2. The van der Waals surface area contributed by atoms with Crippen LogP contribution in [0.3, 0.4) is 0 Å².